The van der Waals surface area contributed by atoms with Gasteiger partial charge in [-0.3, -0.25) is 0 Å². The Morgan fingerprint density at radius 1 is 1.14 bits per heavy atom. The van der Waals surface area contributed by atoms with Crippen LogP contribution in [-0.2, 0) is 0 Å². The summed E-state index contributed by atoms with van der Waals surface area (Å²) < 4.78 is 6.34. The molecule has 0 radical (unpaired) electrons. The van der Waals surface area contributed by atoms with Crippen LogP contribution in [0.3, 0.4) is 0 Å². The maximum atomic E-state index is 9.48. The Morgan fingerprint density at radius 2 is 1.90 bits per heavy atom. The molecule has 0 aliphatic rings. The van der Waals surface area contributed by atoms with E-state index in [-0.39, 0.29) is 0 Å². The highest BCUT2D eigenvalue weighted by molar-refractivity contribution is 7.17. The topological polar surface area (TPSA) is 33.0 Å². The summed E-state index contributed by atoms with van der Waals surface area (Å²) >= 11 is 1.66. The van der Waals surface area contributed by atoms with Gasteiger partial charge in [0.2, 0.25) is 0 Å². The number of fused-ring (bicyclic) bond motifs is 1. The first-order chi connectivity index (χ1) is 10.3. The van der Waals surface area contributed by atoms with Gasteiger partial charge in [-0.25, -0.2) is 0 Å². The first-order valence-corrected chi connectivity index (χ1v) is 7.42. The molecule has 0 aliphatic heterocycles. The van der Waals surface area contributed by atoms with E-state index in [1.54, 1.807) is 18.4 Å². The molecule has 0 saturated heterocycles. The normalized spacial score (nSPS) is 11.3. The molecular formula is C18H13NOS. The Bertz CT molecular complexity index is 838. The number of benzene rings is 2. The average molecular weight is 291 g/mol. The zero-order valence-electron chi connectivity index (χ0n) is 11.5. The Hall–Kier alpha value is -2.57. The van der Waals surface area contributed by atoms with Crippen molar-refractivity contribution < 1.29 is 4.74 Å². The van der Waals surface area contributed by atoms with E-state index in [9.17, 15) is 5.26 Å². The molecule has 3 aromatic rings. The van der Waals surface area contributed by atoms with Crippen molar-refractivity contribution in [1.82, 2.24) is 0 Å². The number of allylic oxidation sites excluding steroid dienone is 1. The van der Waals surface area contributed by atoms with Crippen LogP contribution in [0.1, 0.15) is 11.1 Å². The predicted octanol–water partition coefficient (Wildman–Crippen LogP) is 4.97. The van der Waals surface area contributed by atoms with Gasteiger partial charge >= 0.3 is 0 Å². The molecule has 0 fully saturated rings. The van der Waals surface area contributed by atoms with Crippen LogP contribution >= 0.6 is 11.3 Å². The lowest BCUT2D eigenvalue weighted by molar-refractivity contribution is 0.415. The van der Waals surface area contributed by atoms with E-state index in [0.717, 1.165) is 22.3 Å². The number of ether oxygens (including phenoxy) is 1. The highest BCUT2D eigenvalue weighted by Gasteiger charge is 2.08. The van der Waals surface area contributed by atoms with Crippen molar-refractivity contribution >= 4 is 33.1 Å². The van der Waals surface area contributed by atoms with Gasteiger partial charge in [0.15, 0.2) is 0 Å². The summed E-state index contributed by atoms with van der Waals surface area (Å²) in [5, 5.41) is 12.7. The van der Waals surface area contributed by atoms with Gasteiger partial charge in [-0.15, -0.1) is 11.3 Å². The standard InChI is InChI=1S/C18H13NOS/c1-20-15-8-6-13(7-9-15)10-14(11-19)17-12-21-18-5-3-2-4-16(17)18/h2-10,12H,1H3/b14-10+. The minimum absolute atomic E-state index is 0.678. The van der Waals surface area contributed by atoms with Crippen LogP contribution in [0.25, 0.3) is 21.7 Å². The zero-order chi connectivity index (χ0) is 14.7. The summed E-state index contributed by atoms with van der Waals surface area (Å²) in [6, 6.07) is 18.1. The summed E-state index contributed by atoms with van der Waals surface area (Å²) in [6.07, 6.45) is 1.91. The second kappa shape index (κ2) is 5.82. The van der Waals surface area contributed by atoms with E-state index in [2.05, 4.69) is 18.2 Å². The molecule has 0 bridgehead atoms. The average Bonchev–Trinajstić information content (AvgIpc) is 2.97. The molecule has 1 aromatic heterocycles. The van der Waals surface area contributed by atoms with E-state index >= 15 is 0 Å². The monoisotopic (exact) mass is 291 g/mol. The van der Waals surface area contributed by atoms with E-state index < -0.39 is 0 Å². The van der Waals surface area contributed by atoms with Crippen molar-refractivity contribution in [3.05, 3.63) is 65.0 Å². The van der Waals surface area contributed by atoms with Crippen molar-refractivity contribution in [1.29, 1.82) is 5.26 Å². The summed E-state index contributed by atoms with van der Waals surface area (Å²) in [6.45, 7) is 0. The van der Waals surface area contributed by atoms with Crippen molar-refractivity contribution in [2.75, 3.05) is 7.11 Å². The third-order valence-corrected chi connectivity index (χ3v) is 4.28. The van der Waals surface area contributed by atoms with Crippen LogP contribution in [0.2, 0.25) is 0 Å². The van der Waals surface area contributed by atoms with Crippen molar-refractivity contribution in [2.24, 2.45) is 0 Å². The number of nitrogens with zero attached hydrogens (tertiary/aromatic N) is 1. The summed E-state index contributed by atoms with van der Waals surface area (Å²) in [5.74, 6) is 0.812. The van der Waals surface area contributed by atoms with Crippen LogP contribution < -0.4 is 4.74 Å². The Morgan fingerprint density at radius 3 is 2.62 bits per heavy atom. The number of methoxy groups -OCH3 is 1. The highest BCUT2D eigenvalue weighted by Crippen LogP contribution is 2.31. The minimum atomic E-state index is 0.678. The summed E-state index contributed by atoms with van der Waals surface area (Å²) in [5.41, 5.74) is 2.66. The van der Waals surface area contributed by atoms with E-state index in [1.807, 2.05) is 47.9 Å². The fourth-order valence-corrected chi connectivity index (χ4v) is 3.18. The molecule has 0 amide bonds. The van der Waals surface area contributed by atoms with Crippen LogP contribution in [0.4, 0.5) is 0 Å². The molecule has 2 aromatic carbocycles. The summed E-state index contributed by atoms with van der Waals surface area (Å²) in [7, 11) is 1.64. The molecule has 0 unspecified atom stereocenters. The van der Waals surface area contributed by atoms with Gasteiger partial charge in [0.1, 0.15) is 5.75 Å². The van der Waals surface area contributed by atoms with Gasteiger partial charge in [0.25, 0.3) is 0 Å². The Labute approximate surface area is 127 Å². The molecule has 102 valence electrons. The number of hydrogen-bond donors (Lipinski definition) is 0. The van der Waals surface area contributed by atoms with Gasteiger partial charge in [-0.2, -0.15) is 5.26 Å². The van der Waals surface area contributed by atoms with E-state index in [4.69, 9.17) is 4.74 Å². The molecule has 21 heavy (non-hydrogen) atoms. The lowest BCUT2D eigenvalue weighted by Gasteiger charge is -2.01. The lowest BCUT2D eigenvalue weighted by atomic mass is 10.0. The Kier molecular flexibility index (Phi) is 3.72. The van der Waals surface area contributed by atoms with Crippen LogP contribution in [-0.4, -0.2) is 7.11 Å². The van der Waals surface area contributed by atoms with Gasteiger partial charge in [0.05, 0.1) is 18.8 Å². The maximum Gasteiger partial charge on any atom is 0.118 e. The van der Waals surface area contributed by atoms with Crippen LogP contribution in [0.15, 0.2) is 53.9 Å². The molecule has 1 heterocycles. The second-order valence-corrected chi connectivity index (χ2v) is 5.50. The number of rotatable bonds is 3. The molecule has 0 atom stereocenters. The third kappa shape index (κ3) is 2.67. The molecule has 0 N–H and O–H groups in total. The van der Waals surface area contributed by atoms with Crippen LogP contribution in [0, 0.1) is 11.3 Å². The smallest absolute Gasteiger partial charge is 0.118 e. The molecular weight excluding hydrogens is 278 g/mol. The first-order valence-electron chi connectivity index (χ1n) is 6.54. The SMILES string of the molecule is COc1ccc(/C=C(\C#N)c2csc3ccccc23)cc1. The van der Waals surface area contributed by atoms with Crippen molar-refractivity contribution in [2.45, 2.75) is 0 Å². The maximum absolute atomic E-state index is 9.48. The summed E-state index contributed by atoms with van der Waals surface area (Å²) in [4.78, 5) is 0. The Balaban J connectivity index is 2.05. The number of hydrogen-bond acceptors (Lipinski definition) is 3. The third-order valence-electron chi connectivity index (χ3n) is 3.32. The fourth-order valence-electron chi connectivity index (χ4n) is 2.22. The number of thiophene rings is 1. The van der Waals surface area contributed by atoms with Crippen LogP contribution in [0.5, 0.6) is 5.75 Å². The van der Waals surface area contributed by atoms with Gasteiger partial charge in [-0.1, -0.05) is 30.3 Å². The van der Waals surface area contributed by atoms with Crippen molar-refractivity contribution in [3.8, 4) is 11.8 Å². The molecule has 2 nitrogen and oxygen atoms in total. The number of nitriles is 1. The first kappa shape index (κ1) is 13.4. The van der Waals surface area contributed by atoms with E-state index in [0.29, 0.717) is 5.57 Å². The molecule has 0 saturated carbocycles. The van der Waals surface area contributed by atoms with E-state index in [1.165, 1.54) is 4.70 Å². The lowest BCUT2D eigenvalue weighted by Crippen LogP contribution is -1.83. The predicted molar refractivity (Wildman–Crippen MR) is 88.3 cm³/mol. The molecule has 0 aliphatic carbocycles. The highest BCUT2D eigenvalue weighted by atomic mass is 32.1. The quantitative estimate of drug-likeness (QED) is 0.638. The molecule has 3 rings (SSSR count). The fraction of sp³-hybridized carbons (Fsp3) is 0.0556. The minimum Gasteiger partial charge on any atom is -0.497 e. The van der Waals surface area contributed by atoms with Crippen molar-refractivity contribution in [3.63, 3.8) is 0 Å². The molecule has 0 spiro atoms. The molecule has 3 heteroatoms. The van der Waals surface area contributed by atoms with Gasteiger partial charge < -0.3 is 4.74 Å². The van der Waals surface area contributed by atoms with Gasteiger partial charge in [0, 0.05) is 21.0 Å². The largest absolute Gasteiger partial charge is 0.497 e. The second-order valence-electron chi connectivity index (χ2n) is 4.59. The van der Waals surface area contributed by atoms with Gasteiger partial charge in [-0.05, 0) is 29.8 Å². The zero-order valence-corrected chi connectivity index (χ0v) is 12.4.